The van der Waals surface area contributed by atoms with Crippen molar-refractivity contribution in [3.8, 4) is 0 Å². The second-order valence-electron chi connectivity index (χ2n) is 8.86. The minimum absolute atomic E-state index is 0.129. The van der Waals surface area contributed by atoms with E-state index in [9.17, 15) is 14.4 Å². The molecule has 0 spiro atoms. The van der Waals surface area contributed by atoms with Gasteiger partial charge in [-0.3, -0.25) is 14.4 Å². The number of likely N-dealkylation sites (tertiary alicyclic amines) is 1. The quantitative estimate of drug-likeness (QED) is 0.385. The van der Waals surface area contributed by atoms with Crippen molar-refractivity contribution in [1.82, 2.24) is 4.90 Å². The smallest absolute Gasteiger partial charge is 0.235 e. The molecule has 0 bridgehead atoms. The topological polar surface area (TPSA) is 66.5 Å². The van der Waals surface area contributed by atoms with Crippen molar-refractivity contribution in [2.75, 3.05) is 18.4 Å². The normalized spacial score (nSPS) is 14.9. The van der Waals surface area contributed by atoms with Crippen LogP contribution >= 0.6 is 0 Å². The van der Waals surface area contributed by atoms with Crippen LogP contribution in [0.15, 0.2) is 91.0 Å². The number of para-hydroxylation sites is 1. The summed E-state index contributed by atoms with van der Waals surface area (Å²) in [7, 11) is 0. The van der Waals surface area contributed by atoms with E-state index in [-0.39, 0.29) is 18.1 Å². The van der Waals surface area contributed by atoms with E-state index in [1.165, 1.54) is 5.56 Å². The molecule has 0 unspecified atom stereocenters. The van der Waals surface area contributed by atoms with E-state index in [2.05, 4.69) is 29.6 Å². The fraction of sp³-hybridized carbons (Fsp3) is 0.276. The van der Waals surface area contributed by atoms with Crippen molar-refractivity contribution >= 4 is 23.3 Å². The van der Waals surface area contributed by atoms with Crippen molar-refractivity contribution in [1.29, 1.82) is 0 Å². The van der Waals surface area contributed by atoms with Gasteiger partial charge in [-0.2, -0.15) is 0 Å². The first-order valence-electron chi connectivity index (χ1n) is 11.9. The molecule has 4 rings (SSSR count). The summed E-state index contributed by atoms with van der Waals surface area (Å²) >= 11 is 0. The Hall–Kier alpha value is -3.73. The van der Waals surface area contributed by atoms with Crippen molar-refractivity contribution < 1.29 is 14.4 Å². The number of Topliss-reactive ketones (excluding diaryl/α,β-unsaturated/α-hetero) is 1. The molecule has 1 aliphatic heterocycles. The molecule has 3 aromatic rings. The van der Waals surface area contributed by atoms with Gasteiger partial charge in [0.15, 0.2) is 5.78 Å². The molecule has 2 amide bonds. The highest BCUT2D eigenvalue weighted by Crippen LogP contribution is 2.24. The van der Waals surface area contributed by atoms with Crippen LogP contribution in [0.4, 0.5) is 5.69 Å². The van der Waals surface area contributed by atoms with Crippen LogP contribution in [0.25, 0.3) is 0 Å². The third-order valence-electron chi connectivity index (χ3n) is 6.45. The van der Waals surface area contributed by atoms with Gasteiger partial charge in [0.25, 0.3) is 0 Å². The minimum Gasteiger partial charge on any atom is -0.343 e. The number of benzene rings is 3. The molecule has 1 heterocycles. The lowest BCUT2D eigenvalue weighted by atomic mass is 9.89. The highest BCUT2D eigenvalue weighted by molar-refractivity contribution is 6.15. The van der Waals surface area contributed by atoms with Gasteiger partial charge in [0.1, 0.15) is 5.92 Å². The summed E-state index contributed by atoms with van der Waals surface area (Å²) in [4.78, 5) is 41.3. The number of piperidine rings is 1. The van der Waals surface area contributed by atoms with Crippen LogP contribution < -0.4 is 5.32 Å². The molecular formula is C29H30N2O3. The van der Waals surface area contributed by atoms with Gasteiger partial charge in [0.2, 0.25) is 11.8 Å². The average Bonchev–Trinajstić information content (AvgIpc) is 2.89. The highest BCUT2D eigenvalue weighted by Gasteiger charge is 2.33. The molecule has 3 aromatic carbocycles. The second-order valence-corrected chi connectivity index (χ2v) is 8.86. The third kappa shape index (κ3) is 6.19. The predicted octanol–water partition coefficient (Wildman–Crippen LogP) is 5.00. The van der Waals surface area contributed by atoms with Crippen molar-refractivity contribution in [2.45, 2.75) is 25.7 Å². The summed E-state index contributed by atoms with van der Waals surface area (Å²) in [6, 6.07) is 28.1. The lowest BCUT2D eigenvalue weighted by Crippen LogP contribution is -2.42. The van der Waals surface area contributed by atoms with Gasteiger partial charge in [0.05, 0.1) is 0 Å². The summed E-state index contributed by atoms with van der Waals surface area (Å²) in [6.45, 7) is 1.31. The first-order chi connectivity index (χ1) is 16.6. The molecule has 174 valence electrons. The summed E-state index contributed by atoms with van der Waals surface area (Å²) < 4.78 is 0. The third-order valence-corrected chi connectivity index (χ3v) is 6.45. The number of hydrogen-bond donors (Lipinski definition) is 1. The van der Waals surface area contributed by atoms with Gasteiger partial charge in [0, 0.05) is 30.8 Å². The molecule has 1 saturated heterocycles. The molecule has 5 heteroatoms. The number of nitrogens with one attached hydrogen (secondary N) is 1. The fourth-order valence-corrected chi connectivity index (χ4v) is 4.50. The standard InChI is InChI=1S/C29H30N2O3/c32-27(31-18-16-23(17-19-31)20-22-10-4-1-5-11-22)21-26(28(33)24-12-6-2-7-13-24)29(34)30-25-14-8-3-9-15-25/h1-15,23,26H,16-21H2,(H,30,34)/t26-/m1/s1. The van der Waals surface area contributed by atoms with E-state index < -0.39 is 11.8 Å². The van der Waals surface area contributed by atoms with Gasteiger partial charge in [-0.05, 0) is 42.9 Å². The molecule has 1 N–H and O–H groups in total. The summed E-state index contributed by atoms with van der Waals surface area (Å²) in [6.07, 6.45) is 2.73. The van der Waals surface area contributed by atoms with E-state index >= 15 is 0 Å². The number of hydrogen-bond acceptors (Lipinski definition) is 3. The van der Waals surface area contributed by atoms with Crippen LogP contribution in [0, 0.1) is 11.8 Å². The van der Waals surface area contributed by atoms with Crippen LogP contribution in [-0.4, -0.2) is 35.6 Å². The first-order valence-corrected chi connectivity index (χ1v) is 11.9. The van der Waals surface area contributed by atoms with Crippen molar-refractivity contribution in [2.24, 2.45) is 11.8 Å². The number of nitrogens with zero attached hydrogens (tertiary/aromatic N) is 1. The zero-order valence-corrected chi connectivity index (χ0v) is 19.2. The van der Waals surface area contributed by atoms with E-state index in [1.807, 2.05) is 35.2 Å². The van der Waals surface area contributed by atoms with Crippen LogP contribution in [0.5, 0.6) is 0 Å². The van der Waals surface area contributed by atoms with E-state index in [1.54, 1.807) is 36.4 Å². The van der Waals surface area contributed by atoms with Crippen LogP contribution in [-0.2, 0) is 16.0 Å². The number of carbonyl (C=O) groups is 3. The van der Waals surface area contributed by atoms with E-state index in [0.717, 1.165) is 19.3 Å². The highest BCUT2D eigenvalue weighted by atomic mass is 16.2. The maximum Gasteiger partial charge on any atom is 0.235 e. The Morgan fingerprint density at radius 3 is 1.97 bits per heavy atom. The van der Waals surface area contributed by atoms with Gasteiger partial charge in [-0.25, -0.2) is 0 Å². The number of ketones is 1. The lowest BCUT2D eigenvalue weighted by Gasteiger charge is -2.33. The Balaban J connectivity index is 1.40. The average molecular weight is 455 g/mol. The molecule has 0 aliphatic carbocycles. The SMILES string of the molecule is O=C(Nc1ccccc1)[C@H](CC(=O)N1CCC(Cc2ccccc2)CC1)C(=O)c1ccccc1. The molecular weight excluding hydrogens is 424 g/mol. The molecule has 0 saturated carbocycles. The van der Waals surface area contributed by atoms with Crippen LogP contribution in [0.3, 0.4) is 0 Å². The monoisotopic (exact) mass is 454 g/mol. The van der Waals surface area contributed by atoms with Crippen molar-refractivity contribution in [3.05, 3.63) is 102 Å². The van der Waals surface area contributed by atoms with Crippen LogP contribution in [0.1, 0.15) is 35.2 Å². The summed E-state index contributed by atoms with van der Waals surface area (Å²) in [5, 5.41) is 2.80. The van der Waals surface area contributed by atoms with Crippen molar-refractivity contribution in [3.63, 3.8) is 0 Å². The number of rotatable bonds is 8. The number of amides is 2. The Bertz CT molecular complexity index is 1090. The minimum atomic E-state index is -1.07. The Kier molecular flexibility index (Phi) is 7.87. The zero-order valence-electron chi connectivity index (χ0n) is 19.2. The maximum absolute atomic E-state index is 13.2. The maximum atomic E-state index is 13.2. The molecule has 1 atom stereocenters. The number of carbonyl (C=O) groups excluding carboxylic acids is 3. The predicted molar refractivity (Wildman–Crippen MR) is 133 cm³/mol. The van der Waals surface area contributed by atoms with E-state index in [0.29, 0.717) is 30.3 Å². The van der Waals surface area contributed by atoms with E-state index in [4.69, 9.17) is 0 Å². The molecule has 34 heavy (non-hydrogen) atoms. The Morgan fingerprint density at radius 2 is 1.35 bits per heavy atom. The molecule has 1 aliphatic rings. The Morgan fingerprint density at radius 1 is 0.794 bits per heavy atom. The molecule has 0 radical (unpaired) electrons. The van der Waals surface area contributed by atoms with Gasteiger partial charge < -0.3 is 10.2 Å². The van der Waals surface area contributed by atoms with Gasteiger partial charge >= 0.3 is 0 Å². The largest absolute Gasteiger partial charge is 0.343 e. The fourth-order valence-electron chi connectivity index (χ4n) is 4.50. The Labute approximate surface area is 200 Å². The molecule has 1 fully saturated rings. The second kappa shape index (κ2) is 11.4. The lowest BCUT2D eigenvalue weighted by molar-refractivity contribution is -0.135. The molecule has 5 nitrogen and oxygen atoms in total. The van der Waals surface area contributed by atoms with Crippen LogP contribution in [0.2, 0.25) is 0 Å². The summed E-state index contributed by atoms with van der Waals surface area (Å²) in [5.41, 5.74) is 2.36. The zero-order chi connectivity index (χ0) is 23.8. The van der Waals surface area contributed by atoms with Gasteiger partial charge in [-0.1, -0.05) is 78.9 Å². The molecule has 0 aromatic heterocycles. The van der Waals surface area contributed by atoms with Gasteiger partial charge in [-0.15, -0.1) is 0 Å². The number of anilines is 1. The summed E-state index contributed by atoms with van der Waals surface area (Å²) in [5.74, 6) is -1.46. The first kappa shape index (κ1) is 23.4.